The minimum Gasteiger partial charge on any atom is -0.493 e. The molecule has 0 amide bonds. The van der Waals surface area contributed by atoms with Crippen LogP contribution in [0.2, 0.25) is 0 Å². The lowest BCUT2D eigenvalue weighted by Gasteiger charge is -2.26. The minimum absolute atomic E-state index is 0. The Balaban J connectivity index is 0.00000156. The Bertz CT molecular complexity index is 483. The molecule has 0 radical (unpaired) electrons. The van der Waals surface area contributed by atoms with Crippen molar-refractivity contribution in [2.45, 2.75) is 44.7 Å². The number of benzene rings is 1. The van der Waals surface area contributed by atoms with Gasteiger partial charge in [-0.1, -0.05) is 24.6 Å². The molecule has 1 unspecified atom stereocenters. The van der Waals surface area contributed by atoms with Gasteiger partial charge in [0.1, 0.15) is 5.75 Å². The Hall–Kier alpha value is -0.520. The van der Waals surface area contributed by atoms with Gasteiger partial charge in [0, 0.05) is 37.8 Å². The first-order valence-electron chi connectivity index (χ1n) is 9.22. The fourth-order valence-corrected chi connectivity index (χ4v) is 3.68. The van der Waals surface area contributed by atoms with E-state index in [-0.39, 0.29) is 24.8 Å². The first-order valence-corrected chi connectivity index (χ1v) is 9.22. The summed E-state index contributed by atoms with van der Waals surface area (Å²) in [5.74, 6) is 1.05. The number of hydrogen-bond acceptors (Lipinski definition) is 4. The summed E-state index contributed by atoms with van der Waals surface area (Å²) in [4.78, 5) is 5.00. The normalized spacial score (nSPS) is 21.4. The van der Waals surface area contributed by atoms with Crippen molar-refractivity contribution in [1.29, 1.82) is 0 Å². The molecule has 0 bridgehead atoms. The van der Waals surface area contributed by atoms with Crippen LogP contribution in [-0.2, 0) is 6.54 Å². The van der Waals surface area contributed by atoms with E-state index in [1.54, 1.807) is 0 Å². The molecule has 25 heavy (non-hydrogen) atoms. The van der Waals surface area contributed by atoms with Crippen molar-refractivity contribution >= 4 is 24.8 Å². The van der Waals surface area contributed by atoms with Gasteiger partial charge >= 0.3 is 0 Å². The van der Waals surface area contributed by atoms with Gasteiger partial charge in [-0.2, -0.15) is 0 Å². The summed E-state index contributed by atoms with van der Waals surface area (Å²) in [5, 5.41) is 0. The smallest absolute Gasteiger partial charge is 0.123 e. The van der Waals surface area contributed by atoms with Crippen LogP contribution in [-0.4, -0.2) is 55.2 Å². The summed E-state index contributed by atoms with van der Waals surface area (Å²) in [6, 6.07) is 8.80. The van der Waals surface area contributed by atoms with E-state index in [4.69, 9.17) is 10.5 Å². The number of hydrogen-bond donors (Lipinski definition) is 1. The highest BCUT2D eigenvalue weighted by atomic mass is 35.5. The van der Waals surface area contributed by atoms with Crippen LogP contribution in [0.4, 0.5) is 0 Å². The van der Waals surface area contributed by atoms with Gasteiger partial charge in [0.2, 0.25) is 0 Å². The van der Waals surface area contributed by atoms with Crippen molar-refractivity contribution in [3.8, 4) is 5.75 Å². The number of rotatable bonds is 7. The van der Waals surface area contributed by atoms with E-state index in [1.165, 1.54) is 44.5 Å². The number of para-hydroxylation sites is 1. The van der Waals surface area contributed by atoms with Crippen LogP contribution in [0.1, 0.15) is 37.7 Å². The van der Waals surface area contributed by atoms with E-state index in [1.807, 2.05) is 0 Å². The second kappa shape index (κ2) is 12.0. The lowest BCUT2D eigenvalue weighted by Crippen LogP contribution is -2.31. The van der Waals surface area contributed by atoms with Crippen molar-refractivity contribution in [1.82, 2.24) is 9.80 Å². The van der Waals surface area contributed by atoms with Crippen LogP contribution in [0, 0.1) is 0 Å². The van der Waals surface area contributed by atoms with Gasteiger partial charge < -0.3 is 15.4 Å². The molecule has 1 aromatic rings. The minimum atomic E-state index is 0. The van der Waals surface area contributed by atoms with Gasteiger partial charge in [-0.25, -0.2) is 0 Å². The van der Waals surface area contributed by atoms with E-state index >= 15 is 0 Å². The molecule has 0 saturated carbocycles. The highest BCUT2D eigenvalue weighted by molar-refractivity contribution is 5.85. The molecule has 2 aliphatic rings. The highest BCUT2D eigenvalue weighted by Crippen LogP contribution is 2.22. The van der Waals surface area contributed by atoms with Crippen LogP contribution < -0.4 is 10.5 Å². The lowest BCUT2D eigenvalue weighted by molar-refractivity contribution is 0.203. The van der Waals surface area contributed by atoms with Gasteiger partial charge in [0.05, 0.1) is 6.61 Å². The van der Waals surface area contributed by atoms with Crippen molar-refractivity contribution in [2.75, 3.05) is 39.3 Å². The number of piperidine rings is 1. The quantitative estimate of drug-likeness (QED) is 0.726. The zero-order chi connectivity index (χ0) is 15.9. The molecule has 0 spiro atoms. The second-order valence-electron chi connectivity index (χ2n) is 7.00. The number of likely N-dealkylation sites (tertiary alicyclic amines) is 2. The fraction of sp³-hybridized carbons (Fsp3) is 0.684. The molecule has 144 valence electrons. The molecule has 2 fully saturated rings. The second-order valence-corrected chi connectivity index (χ2v) is 7.00. The average Bonchev–Trinajstić information content (AvgIpc) is 2.99. The first kappa shape index (κ1) is 22.5. The maximum atomic E-state index is 6.08. The molecular weight excluding hydrogens is 357 g/mol. The monoisotopic (exact) mass is 389 g/mol. The SMILES string of the molecule is Cl.Cl.NC1CCN(Cc2ccccc2OCCCN2CCCCC2)C1. The largest absolute Gasteiger partial charge is 0.493 e. The zero-order valence-electron chi connectivity index (χ0n) is 15.1. The third kappa shape index (κ3) is 7.32. The Morgan fingerprint density at radius 2 is 1.76 bits per heavy atom. The fourth-order valence-electron chi connectivity index (χ4n) is 3.68. The zero-order valence-corrected chi connectivity index (χ0v) is 16.7. The highest BCUT2D eigenvalue weighted by Gasteiger charge is 2.20. The summed E-state index contributed by atoms with van der Waals surface area (Å²) < 4.78 is 6.08. The van der Waals surface area contributed by atoms with Gasteiger partial charge in [0.25, 0.3) is 0 Å². The van der Waals surface area contributed by atoms with Crippen LogP contribution >= 0.6 is 24.8 Å². The van der Waals surface area contributed by atoms with Crippen molar-refractivity contribution in [3.63, 3.8) is 0 Å². The summed E-state index contributed by atoms with van der Waals surface area (Å²) in [6.07, 6.45) is 6.35. The summed E-state index contributed by atoms with van der Waals surface area (Å²) in [5.41, 5.74) is 7.30. The number of halogens is 2. The maximum Gasteiger partial charge on any atom is 0.123 e. The standard InChI is InChI=1S/C19H31N3O.2ClH/c20-18-9-13-22(16-18)15-17-7-2-3-8-19(17)23-14-6-12-21-10-4-1-5-11-21;;/h2-3,7-8,18H,1,4-6,9-16,20H2;2*1H. The molecule has 4 nitrogen and oxygen atoms in total. The molecule has 2 aliphatic heterocycles. The van der Waals surface area contributed by atoms with Crippen LogP contribution in [0.15, 0.2) is 24.3 Å². The van der Waals surface area contributed by atoms with Crippen LogP contribution in [0.3, 0.4) is 0 Å². The summed E-state index contributed by atoms with van der Waals surface area (Å²) in [6.45, 7) is 7.58. The molecule has 1 atom stereocenters. The predicted molar refractivity (Wildman–Crippen MR) is 109 cm³/mol. The Morgan fingerprint density at radius 3 is 2.48 bits per heavy atom. The van der Waals surface area contributed by atoms with Gasteiger partial charge in [0.15, 0.2) is 0 Å². The molecule has 2 saturated heterocycles. The number of nitrogens with two attached hydrogens (primary N) is 1. The van der Waals surface area contributed by atoms with Crippen molar-refractivity contribution in [2.24, 2.45) is 5.73 Å². The third-order valence-corrected chi connectivity index (χ3v) is 5.00. The molecule has 0 aliphatic carbocycles. The van der Waals surface area contributed by atoms with E-state index in [9.17, 15) is 0 Å². The average molecular weight is 390 g/mol. The predicted octanol–water partition coefficient (Wildman–Crippen LogP) is 3.32. The Morgan fingerprint density at radius 1 is 1.00 bits per heavy atom. The van der Waals surface area contributed by atoms with Crippen molar-refractivity contribution < 1.29 is 4.74 Å². The van der Waals surface area contributed by atoms with E-state index < -0.39 is 0 Å². The van der Waals surface area contributed by atoms with Gasteiger partial charge in [-0.3, -0.25) is 4.90 Å². The molecule has 1 aromatic carbocycles. The molecule has 3 rings (SSSR count). The third-order valence-electron chi connectivity index (χ3n) is 5.00. The van der Waals surface area contributed by atoms with E-state index in [0.717, 1.165) is 44.8 Å². The molecule has 2 N–H and O–H groups in total. The Labute approximate surface area is 164 Å². The van der Waals surface area contributed by atoms with E-state index in [0.29, 0.717) is 6.04 Å². The van der Waals surface area contributed by atoms with Gasteiger partial charge in [-0.15, -0.1) is 24.8 Å². The van der Waals surface area contributed by atoms with E-state index in [2.05, 4.69) is 34.1 Å². The summed E-state index contributed by atoms with van der Waals surface area (Å²) >= 11 is 0. The number of ether oxygens (including phenoxy) is 1. The Kier molecular flexibility index (Phi) is 10.8. The summed E-state index contributed by atoms with van der Waals surface area (Å²) in [7, 11) is 0. The number of nitrogens with zero attached hydrogens (tertiary/aromatic N) is 2. The lowest BCUT2D eigenvalue weighted by atomic mass is 10.1. The first-order chi connectivity index (χ1) is 11.3. The molecule has 6 heteroatoms. The van der Waals surface area contributed by atoms with Crippen LogP contribution in [0.5, 0.6) is 5.75 Å². The molecule has 0 aromatic heterocycles. The van der Waals surface area contributed by atoms with Gasteiger partial charge in [-0.05, 0) is 44.8 Å². The topological polar surface area (TPSA) is 41.7 Å². The maximum absolute atomic E-state index is 6.08. The van der Waals surface area contributed by atoms with Crippen LogP contribution in [0.25, 0.3) is 0 Å². The molecule has 2 heterocycles. The van der Waals surface area contributed by atoms with Crippen molar-refractivity contribution in [3.05, 3.63) is 29.8 Å². The molecular formula is C19H33Cl2N3O.